The fourth-order valence-corrected chi connectivity index (χ4v) is 1.72. The second kappa shape index (κ2) is 7.22. The van der Waals surface area contributed by atoms with Gasteiger partial charge in [0.05, 0.1) is 11.8 Å². The van der Waals surface area contributed by atoms with Gasteiger partial charge in [0, 0.05) is 5.69 Å². The van der Waals surface area contributed by atoms with Crippen LogP contribution in [0.25, 0.3) is 0 Å². The third kappa shape index (κ3) is 5.13. The van der Waals surface area contributed by atoms with E-state index >= 15 is 0 Å². The number of anilines is 1. The van der Waals surface area contributed by atoms with Crippen LogP contribution < -0.4 is 5.32 Å². The van der Waals surface area contributed by atoms with Crippen LogP contribution in [0.5, 0.6) is 0 Å². The molecule has 0 unspecified atom stereocenters. The number of Topliss-reactive ketones (excluding diaryl/α,β-unsaturated/α-hetero) is 1. The topological polar surface area (TPSA) is 46.2 Å². The SMILES string of the molecule is CCCc1cccc(NC(=O)CC(=O)CBr)c1. The predicted octanol–water partition coefficient (Wildman–Crippen LogP) is 2.93. The number of nitrogens with one attached hydrogen (secondary N) is 1. The maximum Gasteiger partial charge on any atom is 0.231 e. The molecule has 0 saturated carbocycles. The molecule has 92 valence electrons. The monoisotopic (exact) mass is 297 g/mol. The normalized spacial score (nSPS) is 10.0. The van der Waals surface area contributed by atoms with Crippen molar-refractivity contribution < 1.29 is 9.59 Å². The Balaban J connectivity index is 2.58. The van der Waals surface area contributed by atoms with E-state index in [0.717, 1.165) is 18.5 Å². The summed E-state index contributed by atoms with van der Waals surface area (Å²) >= 11 is 3.03. The summed E-state index contributed by atoms with van der Waals surface area (Å²) in [5.41, 5.74) is 1.94. The highest BCUT2D eigenvalue weighted by atomic mass is 79.9. The van der Waals surface area contributed by atoms with Crippen molar-refractivity contribution in [2.45, 2.75) is 26.2 Å². The van der Waals surface area contributed by atoms with Crippen molar-refractivity contribution in [3.05, 3.63) is 29.8 Å². The highest BCUT2D eigenvalue weighted by molar-refractivity contribution is 9.09. The number of hydrogen-bond acceptors (Lipinski definition) is 2. The molecule has 1 N–H and O–H groups in total. The smallest absolute Gasteiger partial charge is 0.231 e. The molecule has 0 aliphatic rings. The van der Waals surface area contributed by atoms with Gasteiger partial charge in [-0.25, -0.2) is 0 Å². The van der Waals surface area contributed by atoms with E-state index in [1.807, 2.05) is 24.3 Å². The fraction of sp³-hybridized carbons (Fsp3) is 0.385. The summed E-state index contributed by atoms with van der Waals surface area (Å²) in [4.78, 5) is 22.6. The minimum atomic E-state index is -0.261. The van der Waals surface area contributed by atoms with E-state index in [0.29, 0.717) is 0 Å². The number of benzene rings is 1. The summed E-state index contributed by atoms with van der Waals surface area (Å²) in [6, 6.07) is 7.71. The third-order valence-corrected chi connectivity index (χ3v) is 2.88. The first-order chi connectivity index (χ1) is 8.15. The van der Waals surface area contributed by atoms with Crippen molar-refractivity contribution in [3.8, 4) is 0 Å². The van der Waals surface area contributed by atoms with Crippen LogP contribution in [0.15, 0.2) is 24.3 Å². The molecule has 0 radical (unpaired) electrons. The number of halogens is 1. The summed E-state index contributed by atoms with van der Waals surface area (Å²) in [5, 5.41) is 2.94. The highest BCUT2D eigenvalue weighted by Crippen LogP contribution is 2.12. The lowest BCUT2D eigenvalue weighted by Crippen LogP contribution is -2.17. The van der Waals surface area contributed by atoms with Gasteiger partial charge in [0.2, 0.25) is 5.91 Å². The van der Waals surface area contributed by atoms with Gasteiger partial charge in [-0.15, -0.1) is 0 Å². The predicted molar refractivity (Wildman–Crippen MR) is 72.5 cm³/mol. The van der Waals surface area contributed by atoms with Gasteiger partial charge in [-0.3, -0.25) is 9.59 Å². The number of aryl methyl sites for hydroxylation is 1. The minimum Gasteiger partial charge on any atom is -0.326 e. The molecular weight excluding hydrogens is 282 g/mol. The Kier molecular flexibility index (Phi) is 5.91. The van der Waals surface area contributed by atoms with Crippen molar-refractivity contribution in [1.29, 1.82) is 0 Å². The molecule has 0 saturated heterocycles. The summed E-state index contributed by atoms with van der Waals surface area (Å²) in [5.74, 6) is -0.379. The van der Waals surface area contributed by atoms with Crippen molar-refractivity contribution in [1.82, 2.24) is 0 Å². The number of carbonyl (C=O) groups is 2. The van der Waals surface area contributed by atoms with Gasteiger partial charge < -0.3 is 5.32 Å². The van der Waals surface area contributed by atoms with Gasteiger partial charge in [-0.2, -0.15) is 0 Å². The Hall–Kier alpha value is -1.16. The molecule has 17 heavy (non-hydrogen) atoms. The third-order valence-electron chi connectivity index (χ3n) is 2.26. The quantitative estimate of drug-likeness (QED) is 0.648. The van der Waals surface area contributed by atoms with Crippen molar-refractivity contribution in [2.24, 2.45) is 0 Å². The van der Waals surface area contributed by atoms with E-state index < -0.39 is 0 Å². The van der Waals surface area contributed by atoms with E-state index in [2.05, 4.69) is 28.2 Å². The van der Waals surface area contributed by atoms with E-state index in [1.54, 1.807) is 0 Å². The summed E-state index contributed by atoms with van der Waals surface area (Å²) < 4.78 is 0. The van der Waals surface area contributed by atoms with Crippen LogP contribution in [-0.2, 0) is 16.0 Å². The Labute approximate surface area is 110 Å². The average molecular weight is 298 g/mol. The summed E-state index contributed by atoms with van der Waals surface area (Å²) in [6.07, 6.45) is 1.98. The van der Waals surface area contributed by atoms with Crippen LogP contribution in [0, 0.1) is 0 Å². The molecule has 0 aliphatic heterocycles. The van der Waals surface area contributed by atoms with Gasteiger partial charge >= 0.3 is 0 Å². The molecule has 0 fully saturated rings. The van der Waals surface area contributed by atoms with E-state index in [4.69, 9.17) is 0 Å². The summed E-state index contributed by atoms with van der Waals surface area (Å²) in [7, 11) is 0. The van der Waals surface area contributed by atoms with Gasteiger partial charge in [0.25, 0.3) is 0 Å². The zero-order valence-electron chi connectivity index (χ0n) is 9.83. The molecule has 0 aromatic heterocycles. The van der Waals surface area contributed by atoms with E-state index in [1.165, 1.54) is 5.56 Å². The first-order valence-electron chi connectivity index (χ1n) is 5.62. The van der Waals surface area contributed by atoms with E-state index in [-0.39, 0.29) is 23.4 Å². The number of hydrogen-bond donors (Lipinski definition) is 1. The van der Waals surface area contributed by atoms with Crippen LogP contribution in [-0.4, -0.2) is 17.0 Å². The number of ketones is 1. The Morgan fingerprint density at radius 2 is 2.12 bits per heavy atom. The number of alkyl halides is 1. The second-order valence-electron chi connectivity index (χ2n) is 3.85. The molecule has 0 aliphatic carbocycles. The lowest BCUT2D eigenvalue weighted by atomic mass is 10.1. The average Bonchev–Trinajstić information content (AvgIpc) is 2.29. The van der Waals surface area contributed by atoms with Gasteiger partial charge in [-0.1, -0.05) is 41.4 Å². The number of carbonyl (C=O) groups excluding carboxylic acids is 2. The van der Waals surface area contributed by atoms with Gasteiger partial charge in [0.1, 0.15) is 0 Å². The molecule has 1 aromatic carbocycles. The van der Waals surface area contributed by atoms with Crippen molar-refractivity contribution >= 4 is 33.3 Å². The molecule has 1 amide bonds. The van der Waals surface area contributed by atoms with Crippen molar-refractivity contribution in [2.75, 3.05) is 10.6 Å². The van der Waals surface area contributed by atoms with Gasteiger partial charge in [-0.05, 0) is 24.1 Å². The number of amides is 1. The van der Waals surface area contributed by atoms with Crippen LogP contribution in [0.3, 0.4) is 0 Å². The molecule has 1 aromatic rings. The first-order valence-corrected chi connectivity index (χ1v) is 6.74. The Bertz CT molecular complexity index is 404. The Morgan fingerprint density at radius 3 is 2.76 bits per heavy atom. The minimum absolute atomic E-state index is 0.0801. The molecule has 0 heterocycles. The zero-order chi connectivity index (χ0) is 12.7. The standard InChI is InChI=1S/C13H16BrNO2/c1-2-4-10-5-3-6-11(7-10)15-13(17)8-12(16)9-14/h3,5-7H,2,4,8-9H2,1H3,(H,15,17). The maximum absolute atomic E-state index is 11.5. The molecular formula is C13H16BrNO2. The zero-order valence-corrected chi connectivity index (χ0v) is 11.4. The van der Waals surface area contributed by atoms with Gasteiger partial charge in [0.15, 0.2) is 5.78 Å². The molecule has 3 nitrogen and oxygen atoms in total. The number of rotatable bonds is 6. The molecule has 0 spiro atoms. The fourth-order valence-electron chi connectivity index (χ4n) is 1.52. The lowest BCUT2D eigenvalue weighted by Gasteiger charge is -2.06. The van der Waals surface area contributed by atoms with Crippen LogP contribution in [0.4, 0.5) is 5.69 Å². The molecule has 0 bridgehead atoms. The summed E-state index contributed by atoms with van der Waals surface area (Å²) in [6.45, 7) is 2.11. The van der Waals surface area contributed by atoms with Crippen molar-refractivity contribution in [3.63, 3.8) is 0 Å². The Morgan fingerprint density at radius 1 is 1.35 bits per heavy atom. The lowest BCUT2D eigenvalue weighted by molar-refractivity contribution is -0.123. The molecule has 0 atom stereocenters. The molecule has 4 heteroatoms. The maximum atomic E-state index is 11.5. The highest BCUT2D eigenvalue weighted by Gasteiger charge is 2.08. The largest absolute Gasteiger partial charge is 0.326 e. The second-order valence-corrected chi connectivity index (χ2v) is 4.41. The van der Waals surface area contributed by atoms with E-state index in [9.17, 15) is 9.59 Å². The van der Waals surface area contributed by atoms with Crippen LogP contribution in [0.1, 0.15) is 25.3 Å². The van der Waals surface area contributed by atoms with Crippen LogP contribution >= 0.6 is 15.9 Å². The first kappa shape index (κ1) is 13.9. The molecule has 1 rings (SSSR count). The van der Waals surface area contributed by atoms with Crippen LogP contribution in [0.2, 0.25) is 0 Å².